The number of ether oxygens (including phenoxy) is 1. The molecule has 2 amide bonds. The van der Waals surface area contributed by atoms with E-state index in [1.165, 1.54) is 17.0 Å². The first-order chi connectivity index (χ1) is 9.16. The summed E-state index contributed by atoms with van der Waals surface area (Å²) in [6.45, 7) is 1.29. The van der Waals surface area contributed by atoms with Crippen LogP contribution in [0.25, 0.3) is 0 Å². The van der Waals surface area contributed by atoms with Gasteiger partial charge in [0.05, 0.1) is 12.3 Å². The van der Waals surface area contributed by atoms with Crippen LogP contribution in [0.15, 0.2) is 24.3 Å². The minimum Gasteiger partial charge on any atom is -0.449 e. The Labute approximate surface area is 110 Å². The Bertz CT molecular complexity index is 479. The highest BCUT2D eigenvalue weighted by Crippen LogP contribution is 2.13. The van der Waals surface area contributed by atoms with Gasteiger partial charge in [0.1, 0.15) is 5.82 Å². The van der Waals surface area contributed by atoms with E-state index in [0.29, 0.717) is 13.2 Å². The third kappa shape index (κ3) is 3.67. The fourth-order valence-electron chi connectivity index (χ4n) is 1.81. The molecule has 1 aliphatic rings. The second-order valence-corrected chi connectivity index (χ2v) is 4.23. The zero-order valence-corrected chi connectivity index (χ0v) is 10.4. The summed E-state index contributed by atoms with van der Waals surface area (Å²) in [6.07, 6.45) is 0.481. The molecule has 1 saturated heterocycles. The van der Waals surface area contributed by atoms with Crippen LogP contribution in [0, 0.1) is 5.82 Å². The lowest BCUT2D eigenvalue weighted by molar-refractivity contribution is -0.116. The van der Waals surface area contributed by atoms with Gasteiger partial charge >= 0.3 is 6.09 Å². The van der Waals surface area contributed by atoms with Crippen molar-refractivity contribution in [3.8, 4) is 0 Å². The number of halogens is 1. The molecule has 19 heavy (non-hydrogen) atoms. The molecule has 0 saturated carbocycles. The zero-order valence-electron chi connectivity index (χ0n) is 10.4. The van der Waals surface area contributed by atoms with Crippen molar-refractivity contribution >= 4 is 17.7 Å². The minimum atomic E-state index is -0.478. The predicted molar refractivity (Wildman–Crippen MR) is 67.2 cm³/mol. The second-order valence-electron chi connectivity index (χ2n) is 4.23. The van der Waals surface area contributed by atoms with Gasteiger partial charge in [-0.25, -0.2) is 9.18 Å². The number of benzene rings is 1. The molecular formula is C13H15FN2O3. The summed E-state index contributed by atoms with van der Waals surface area (Å²) in [7, 11) is 0. The monoisotopic (exact) mass is 266 g/mol. The molecule has 2 rings (SSSR count). The van der Waals surface area contributed by atoms with Crippen molar-refractivity contribution in [2.75, 3.05) is 25.0 Å². The van der Waals surface area contributed by atoms with Crippen molar-refractivity contribution in [2.45, 2.75) is 12.8 Å². The van der Waals surface area contributed by atoms with E-state index in [9.17, 15) is 14.0 Å². The van der Waals surface area contributed by atoms with Gasteiger partial charge in [-0.05, 0) is 18.6 Å². The first kappa shape index (κ1) is 13.3. The number of nitrogens with zero attached hydrogens (tertiary/aromatic N) is 1. The van der Waals surface area contributed by atoms with Crippen LogP contribution in [0.1, 0.15) is 12.8 Å². The van der Waals surface area contributed by atoms with Gasteiger partial charge < -0.3 is 15.0 Å². The largest absolute Gasteiger partial charge is 0.449 e. The summed E-state index contributed by atoms with van der Waals surface area (Å²) in [6, 6.07) is 5.95. The van der Waals surface area contributed by atoms with Gasteiger partial charge in [-0.3, -0.25) is 4.79 Å². The summed E-state index contributed by atoms with van der Waals surface area (Å²) in [4.78, 5) is 24.5. The van der Waals surface area contributed by atoms with Crippen molar-refractivity contribution in [3.05, 3.63) is 30.1 Å². The van der Waals surface area contributed by atoms with E-state index in [1.54, 1.807) is 12.1 Å². The zero-order chi connectivity index (χ0) is 13.7. The number of cyclic esters (lactones) is 1. The molecule has 1 N–H and O–H groups in total. The molecule has 1 aliphatic heterocycles. The van der Waals surface area contributed by atoms with Crippen molar-refractivity contribution < 1.29 is 18.7 Å². The predicted octanol–water partition coefficient (Wildman–Crippen LogP) is 2.00. The average Bonchev–Trinajstić information content (AvgIpc) is 2.40. The number of para-hydroxylation sites is 1. The molecule has 1 heterocycles. The van der Waals surface area contributed by atoms with Crippen molar-refractivity contribution in [2.24, 2.45) is 0 Å². The maximum Gasteiger partial charge on any atom is 0.409 e. The average molecular weight is 266 g/mol. The first-order valence-corrected chi connectivity index (χ1v) is 6.13. The molecule has 0 bridgehead atoms. The number of carbonyl (C=O) groups excluding carboxylic acids is 2. The number of hydrogen-bond donors (Lipinski definition) is 1. The summed E-state index contributed by atoms with van der Waals surface area (Å²) < 4.78 is 18.2. The number of rotatable bonds is 4. The number of amides is 2. The van der Waals surface area contributed by atoms with Crippen molar-refractivity contribution in [3.63, 3.8) is 0 Å². The molecule has 102 valence electrons. The van der Waals surface area contributed by atoms with Gasteiger partial charge in [0.25, 0.3) is 0 Å². The van der Waals surface area contributed by atoms with Gasteiger partial charge in [-0.1, -0.05) is 12.1 Å². The normalized spacial score (nSPS) is 15.0. The molecular weight excluding hydrogens is 251 g/mol. The minimum absolute atomic E-state index is 0.115. The second kappa shape index (κ2) is 6.17. The Morgan fingerprint density at radius 2 is 2.21 bits per heavy atom. The van der Waals surface area contributed by atoms with Gasteiger partial charge in [0.15, 0.2) is 0 Å². The number of carbonyl (C=O) groups is 2. The molecule has 0 aliphatic carbocycles. The lowest BCUT2D eigenvalue weighted by Gasteiger charge is -2.25. The Hall–Kier alpha value is -2.11. The highest BCUT2D eigenvalue weighted by Gasteiger charge is 2.20. The van der Waals surface area contributed by atoms with Gasteiger partial charge in [0, 0.05) is 19.5 Å². The van der Waals surface area contributed by atoms with Crippen LogP contribution < -0.4 is 5.32 Å². The topological polar surface area (TPSA) is 58.6 Å². The van der Waals surface area contributed by atoms with E-state index in [1.807, 2.05) is 0 Å². The quantitative estimate of drug-likeness (QED) is 0.906. The van der Waals surface area contributed by atoms with E-state index < -0.39 is 11.9 Å². The first-order valence-electron chi connectivity index (χ1n) is 6.13. The molecule has 0 aromatic heterocycles. The number of nitrogens with one attached hydrogen (secondary N) is 1. The maximum absolute atomic E-state index is 13.3. The van der Waals surface area contributed by atoms with Crippen LogP contribution in [0.4, 0.5) is 14.9 Å². The van der Waals surface area contributed by atoms with Crippen LogP contribution in [0.3, 0.4) is 0 Å². The summed E-state index contributed by atoms with van der Waals surface area (Å²) in [5.74, 6) is -0.809. The molecule has 0 radical (unpaired) electrons. The lowest BCUT2D eigenvalue weighted by Crippen LogP contribution is -2.39. The highest BCUT2D eigenvalue weighted by atomic mass is 19.1. The number of hydrogen-bond acceptors (Lipinski definition) is 3. The van der Waals surface area contributed by atoms with Crippen molar-refractivity contribution in [1.82, 2.24) is 4.90 Å². The third-order valence-electron chi connectivity index (χ3n) is 2.81. The fourth-order valence-corrected chi connectivity index (χ4v) is 1.81. The van der Waals surface area contributed by atoms with Crippen molar-refractivity contribution in [1.29, 1.82) is 0 Å². The van der Waals surface area contributed by atoms with E-state index in [4.69, 9.17) is 4.74 Å². The molecule has 0 spiro atoms. The van der Waals surface area contributed by atoms with E-state index in [0.717, 1.165) is 6.42 Å². The van der Waals surface area contributed by atoms with Gasteiger partial charge in [-0.2, -0.15) is 0 Å². The van der Waals surface area contributed by atoms with Gasteiger partial charge in [-0.15, -0.1) is 0 Å². The van der Waals surface area contributed by atoms with Crippen LogP contribution in [-0.4, -0.2) is 36.6 Å². The molecule has 1 fully saturated rings. The molecule has 0 atom stereocenters. The Kier molecular flexibility index (Phi) is 4.33. The molecule has 0 unspecified atom stereocenters. The van der Waals surface area contributed by atoms with Crippen LogP contribution >= 0.6 is 0 Å². The standard InChI is InChI=1S/C13H15FN2O3/c14-10-4-1-2-5-11(10)15-12(17)6-8-16-7-3-9-19-13(16)18/h1-2,4-5H,3,6-9H2,(H,15,17). The fraction of sp³-hybridized carbons (Fsp3) is 0.385. The molecule has 1 aromatic carbocycles. The number of anilines is 1. The van der Waals surface area contributed by atoms with Crippen LogP contribution in [0.2, 0.25) is 0 Å². The van der Waals surface area contributed by atoms with Crippen LogP contribution in [0.5, 0.6) is 0 Å². The molecule has 5 nitrogen and oxygen atoms in total. The third-order valence-corrected chi connectivity index (χ3v) is 2.81. The Balaban J connectivity index is 1.81. The smallest absolute Gasteiger partial charge is 0.409 e. The Morgan fingerprint density at radius 1 is 1.42 bits per heavy atom. The summed E-state index contributed by atoms with van der Waals surface area (Å²) >= 11 is 0. The maximum atomic E-state index is 13.3. The van der Waals surface area contributed by atoms with E-state index in [2.05, 4.69) is 5.32 Å². The highest BCUT2D eigenvalue weighted by molar-refractivity contribution is 5.91. The van der Waals surface area contributed by atoms with E-state index >= 15 is 0 Å². The molecule has 6 heteroatoms. The summed E-state index contributed by atoms with van der Waals surface area (Å²) in [5.41, 5.74) is 0.147. The van der Waals surface area contributed by atoms with Crippen LogP contribution in [-0.2, 0) is 9.53 Å². The SMILES string of the molecule is O=C(CCN1CCCOC1=O)Nc1ccccc1F. The Morgan fingerprint density at radius 3 is 2.95 bits per heavy atom. The molecule has 1 aromatic rings. The van der Waals surface area contributed by atoms with Gasteiger partial charge in [0.2, 0.25) is 5.91 Å². The lowest BCUT2D eigenvalue weighted by atomic mass is 10.3. The summed E-state index contributed by atoms with van der Waals surface area (Å²) in [5, 5.41) is 2.47. The van der Waals surface area contributed by atoms with E-state index in [-0.39, 0.29) is 24.6 Å².